The Labute approximate surface area is 111 Å². The summed E-state index contributed by atoms with van der Waals surface area (Å²) in [4.78, 5) is 0. The van der Waals surface area contributed by atoms with Crippen molar-refractivity contribution in [1.82, 2.24) is 15.1 Å². The Morgan fingerprint density at radius 2 is 2.22 bits per heavy atom. The third kappa shape index (κ3) is 3.09. The van der Waals surface area contributed by atoms with Crippen LogP contribution in [-0.4, -0.2) is 16.3 Å². The molecular weight excluding hydrogens is 253 g/mol. The number of nitrogens with one attached hydrogen (secondary N) is 1. The molecule has 1 aromatic heterocycles. The zero-order chi connectivity index (χ0) is 13.0. The van der Waals surface area contributed by atoms with Gasteiger partial charge in [0.25, 0.3) is 0 Å². The molecule has 0 atom stereocenters. The lowest BCUT2D eigenvalue weighted by Gasteiger charge is -2.05. The summed E-state index contributed by atoms with van der Waals surface area (Å²) in [5, 5.41) is 7.76. The van der Waals surface area contributed by atoms with E-state index in [-0.39, 0.29) is 5.02 Å². The molecule has 0 aliphatic heterocycles. The standard InChI is InChI=1S/C13H15ClFN3/c1-2-16-8-11-6-7-18(17-11)9-10-4-3-5-12(15)13(10)14/h3-7,16H,2,8-9H2,1H3. The highest BCUT2D eigenvalue weighted by Crippen LogP contribution is 2.20. The highest BCUT2D eigenvalue weighted by molar-refractivity contribution is 6.31. The summed E-state index contributed by atoms with van der Waals surface area (Å²) >= 11 is 5.91. The van der Waals surface area contributed by atoms with Gasteiger partial charge in [-0.25, -0.2) is 4.39 Å². The first-order chi connectivity index (χ1) is 8.70. The van der Waals surface area contributed by atoms with Crippen molar-refractivity contribution in [1.29, 1.82) is 0 Å². The molecule has 2 aromatic rings. The van der Waals surface area contributed by atoms with Gasteiger partial charge in [-0.1, -0.05) is 30.7 Å². The van der Waals surface area contributed by atoms with E-state index in [1.807, 2.05) is 19.2 Å². The molecular formula is C13H15ClFN3. The Bertz CT molecular complexity index is 525. The van der Waals surface area contributed by atoms with E-state index in [0.29, 0.717) is 6.54 Å². The number of hydrogen-bond acceptors (Lipinski definition) is 2. The lowest BCUT2D eigenvalue weighted by atomic mass is 10.2. The summed E-state index contributed by atoms with van der Waals surface area (Å²) in [7, 11) is 0. The highest BCUT2D eigenvalue weighted by Gasteiger charge is 2.07. The average Bonchev–Trinajstić information content (AvgIpc) is 2.80. The lowest BCUT2D eigenvalue weighted by Crippen LogP contribution is -2.12. The van der Waals surface area contributed by atoms with Gasteiger partial charge < -0.3 is 5.32 Å². The molecule has 0 amide bonds. The molecule has 1 heterocycles. The first-order valence-electron chi connectivity index (χ1n) is 5.86. The molecule has 0 fully saturated rings. The number of nitrogens with zero attached hydrogens (tertiary/aromatic N) is 2. The van der Waals surface area contributed by atoms with E-state index in [1.54, 1.807) is 16.8 Å². The van der Waals surface area contributed by atoms with Crippen LogP contribution in [0.2, 0.25) is 5.02 Å². The van der Waals surface area contributed by atoms with E-state index >= 15 is 0 Å². The number of hydrogen-bond donors (Lipinski definition) is 1. The Morgan fingerprint density at radius 3 is 3.00 bits per heavy atom. The molecule has 96 valence electrons. The smallest absolute Gasteiger partial charge is 0.142 e. The maximum Gasteiger partial charge on any atom is 0.142 e. The topological polar surface area (TPSA) is 29.9 Å². The zero-order valence-corrected chi connectivity index (χ0v) is 10.9. The fourth-order valence-electron chi connectivity index (χ4n) is 1.68. The van der Waals surface area contributed by atoms with Crippen molar-refractivity contribution in [2.24, 2.45) is 0 Å². The molecule has 2 rings (SSSR count). The van der Waals surface area contributed by atoms with Crippen LogP contribution >= 0.6 is 11.6 Å². The Balaban J connectivity index is 2.09. The van der Waals surface area contributed by atoms with Gasteiger partial charge in [-0.3, -0.25) is 4.68 Å². The maximum atomic E-state index is 13.3. The summed E-state index contributed by atoms with van der Waals surface area (Å²) < 4.78 is 15.0. The van der Waals surface area contributed by atoms with Crippen molar-refractivity contribution in [2.75, 3.05) is 6.54 Å². The van der Waals surface area contributed by atoms with Crippen molar-refractivity contribution in [3.63, 3.8) is 0 Å². The van der Waals surface area contributed by atoms with Crippen LogP contribution in [0.25, 0.3) is 0 Å². The van der Waals surface area contributed by atoms with Crippen molar-refractivity contribution in [2.45, 2.75) is 20.0 Å². The minimum absolute atomic E-state index is 0.168. The van der Waals surface area contributed by atoms with Crippen LogP contribution in [0, 0.1) is 5.82 Å². The number of benzene rings is 1. The lowest BCUT2D eigenvalue weighted by molar-refractivity contribution is 0.615. The quantitative estimate of drug-likeness (QED) is 0.903. The fourth-order valence-corrected chi connectivity index (χ4v) is 1.87. The molecule has 0 unspecified atom stereocenters. The van der Waals surface area contributed by atoms with Gasteiger partial charge in [0.2, 0.25) is 0 Å². The maximum absolute atomic E-state index is 13.3. The molecule has 0 radical (unpaired) electrons. The van der Waals surface area contributed by atoms with Gasteiger partial charge in [-0.15, -0.1) is 0 Å². The van der Waals surface area contributed by atoms with E-state index in [9.17, 15) is 4.39 Å². The van der Waals surface area contributed by atoms with Crippen LogP contribution in [0.3, 0.4) is 0 Å². The van der Waals surface area contributed by atoms with E-state index in [0.717, 1.165) is 24.3 Å². The summed E-state index contributed by atoms with van der Waals surface area (Å²) in [6, 6.07) is 6.75. The number of aromatic nitrogens is 2. The van der Waals surface area contributed by atoms with Crippen LogP contribution in [0.4, 0.5) is 4.39 Å². The molecule has 0 saturated carbocycles. The Kier molecular flexibility index (Phi) is 4.33. The minimum atomic E-state index is -0.394. The largest absolute Gasteiger partial charge is 0.311 e. The van der Waals surface area contributed by atoms with Gasteiger partial charge in [0.15, 0.2) is 0 Å². The molecule has 1 N–H and O–H groups in total. The van der Waals surface area contributed by atoms with Crippen molar-refractivity contribution in [3.05, 3.63) is 52.6 Å². The highest BCUT2D eigenvalue weighted by atomic mass is 35.5. The van der Waals surface area contributed by atoms with Gasteiger partial charge in [-0.05, 0) is 24.2 Å². The molecule has 5 heteroatoms. The number of rotatable bonds is 5. The van der Waals surface area contributed by atoms with Crippen LogP contribution in [0.1, 0.15) is 18.2 Å². The molecule has 0 saturated heterocycles. The second-order valence-corrected chi connectivity index (χ2v) is 4.38. The van der Waals surface area contributed by atoms with Gasteiger partial charge in [0.05, 0.1) is 17.3 Å². The second-order valence-electron chi connectivity index (χ2n) is 4.00. The predicted octanol–water partition coefficient (Wildman–Crippen LogP) is 2.83. The molecule has 0 spiro atoms. The molecule has 18 heavy (non-hydrogen) atoms. The van der Waals surface area contributed by atoms with Crippen molar-refractivity contribution in [3.8, 4) is 0 Å². The average molecular weight is 268 g/mol. The van der Waals surface area contributed by atoms with Gasteiger partial charge in [0.1, 0.15) is 5.82 Å². The van der Waals surface area contributed by atoms with E-state index < -0.39 is 5.82 Å². The zero-order valence-electron chi connectivity index (χ0n) is 10.2. The van der Waals surface area contributed by atoms with Gasteiger partial charge >= 0.3 is 0 Å². The third-order valence-electron chi connectivity index (χ3n) is 2.62. The van der Waals surface area contributed by atoms with Gasteiger partial charge in [0, 0.05) is 12.7 Å². The summed E-state index contributed by atoms with van der Waals surface area (Å²) in [6.07, 6.45) is 1.87. The van der Waals surface area contributed by atoms with E-state index in [2.05, 4.69) is 10.4 Å². The molecule has 0 aliphatic carbocycles. The predicted molar refractivity (Wildman–Crippen MR) is 70.1 cm³/mol. The Hall–Kier alpha value is -1.39. The van der Waals surface area contributed by atoms with Crippen LogP contribution in [0.15, 0.2) is 30.5 Å². The second kappa shape index (κ2) is 5.98. The fraction of sp³-hybridized carbons (Fsp3) is 0.308. The molecule has 1 aromatic carbocycles. The minimum Gasteiger partial charge on any atom is -0.311 e. The van der Waals surface area contributed by atoms with Crippen molar-refractivity contribution < 1.29 is 4.39 Å². The monoisotopic (exact) mass is 267 g/mol. The van der Waals surface area contributed by atoms with Crippen molar-refractivity contribution >= 4 is 11.6 Å². The van der Waals surface area contributed by atoms with E-state index in [4.69, 9.17) is 11.6 Å². The van der Waals surface area contributed by atoms with Gasteiger partial charge in [-0.2, -0.15) is 5.10 Å². The summed E-state index contributed by atoms with van der Waals surface area (Å²) in [5.41, 5.74) is 1.69. The normalized spacial score (nSPS) is 10.8. The first kappa shape index (κ1) is 13.1. The van der Waals surface area contributed by atoms with Crippen LogP contribution in [-0.2, 0) is 13.1 Å². The number of halogens is 2. The Morgan fingerprint density at radius 1 is 1.39 bits per heavy atom. The first-order valence-corrected chi connectivity index (χ1v) is 6.24. The summed E-state index contributed by atoms with van der Waals surface area (Å²) in [5.74, 6) is -0.394. The van der Waals surface area contributed by atoms with E-state index in [1.165, 1.54) is 6.07 Å². The summed E-state index contributed by atoms with van der Waals surface area (Å²) in [6.45, 7) is 4.16. The SMILES string of the molecule is CCNCc1ccn(Cc2cccc(F)c2Cl)n1. The molecule has 3 nitrogen and oxygen atoms in total. The third-order valence-corrected chi connectivity index (χ3v) is 3.04. The van der Waals surface area contributed by atoms with Crippen LogP contribution in [0.5, 0.6) is 0 Å². The molecule has 0 bridgehead atoms. The van der Waals surface area contributed by atoms with Crippen LogP contribution < -0.4 is 5.32 Å². The molecule has 0 aliphatic rings.